The maximum Gasteiger partial charge on any atom is 0.119 e. The highest BCUT2D eigenvalue weighted by Crippen LogP contribution is 2.37. The van der Waals surface area contributed by atoms with Gasteiger partial charge in [0.1, 0.15) is 11.5 Å². The van der Waals surface area contributed by atoms with E-state index in [-0.39, 0.29) is 12.2 Å². The highest BCUT2D eigenvalue weighted by molar-refractivity contribution is 5.27. The third kappa shape index (κ3) is 12.9. The molecule has 2 saturated carbocycles. The molecule has 0 N–H and O–H groups in total. The highest BCUT2D eigenvalue weighted by Gasteiger charge is 2.25. The van der Waals surface area contributed by atoms with Gasteiger partial charge < -0.3 is 18.9 Å². The van der Waals surface area contributed by atoms with Crippen LogP contribution in [0.2, 0.25) is 0 Å². The van der Waals surface area contributed by atoms with E-state index in [4.69, 9.17) is 18.9 Å². The van der Waals surface area contributed by atoms with Gasteiger partial charge >= 0.3 is 0 Å². The largest absolute Gasteiger partial charge is 0.494 e. The van der Waals surface area contributed by atoms with Crippen molar-refractivity contribution in [2.75, 3.05) is 13.2 Å². The minimum Gasteiger partial charge on any atom is -0.494 e. The molecule has 258 valence electrons. The summed E-state index contributed by atoms with van der Waals surface area (Å²) in [7, 11) is 0. The first-order valence-electron chi connectivity index (χ1n) is 19.2. The van der Waals surface area contributed by atoms with Crippen molar-refractivity contribution in [3.05, 3.63) is 59.7 Å². The van der Waals surface area contributed by atoms with Crippen LogP contribution < -0.4 is 9.47 Å². The molecule has 0 saturated heterocycles. The minimum atomic E-state index is -0.00376. The van der Waals surface area contributed by atoms with Crippen LogP contribution in [0.4, 0.5) is 0 Å². The van der Waals surface area contributed by atoms with Crippen LogP contribution in [0.5, 0.6) is 11.5 Å². The fourth-order valence-corrected chi connectivity index (χ4v) is 7.99. The Morgan fingerprint density at radius 2 is 0.870 bits per heavy atom. The van der Waals surface area contributed by atoms with E-state index in [0.29, 0.717) is 13.2 Å². The summed E-state index contributed by atoms with van der Waals surface area (Å²) in [6.45, 7) is 11.6. The SMILES string of the molecule is CCCC1CCCCC1CCCOc1ccc(CO[C@H](C)[C@@H](C)OCc2ccc(OCCCC3CCCCC3CCC)cc2)cc1. The molecule has 2 aromatic rings. The van der Waals surface area contributed by atoms with E-state index in [2.05, 4.69) is 76.2 Å². The van der Waals surface area contributed by atoms with Crippen LogP contribution in [0.3, 0.4) is 0 Å². The van der Waals surface area contributed by atoms with Gasteiger partial charge in [-0.25, -0.2) is 0 Å². The van der Waals surface area contributed by atoms with Crippen LogP contribution in [0.15, 0.2) is 48.5 Å². The van der Waals surface area contributed by atoms with Crippen LogP contribution in [0.25, 0.3) is 0 Å². The van der Waals surface area contributed by atoms with Gasteiger partial charge in [0, 0.05) is 0 Å². The first-order valence-corrected chi connectivity index (χ1v) is 19.2. The van der Waals surface area contributed by atoms with Gasteiger partial charge in [0.05, 0.1) is 38.6 Å². The Bertz CT molecular complexity index is 961. The summed E-state index contributed by atoms with van der Waals surface area (Å²) in [5.74, 6) is 5.63. The Balaban J connectivity index is 1.06. The van der Waals surface area contributed by atoms with E-state index in [9.17, 15) is 0 Å². The maximum atomic E-state index is 6.17. The summed E-state index contributed by atoms with van der Waals surface area (Å²) in [4.78, 5) is 0. The van der Waals surface area contributed by atoms with Gasteiger partial charge in [0.25, 0.3) is 0 Å². The van der Waals surface area contributed by atoms with Crippen molar-refractivity contribution in [1.29, 1.82) is 0 Å². The molecule has 0 spiro atoms. The summed E-state index contributed by atoms with van der Waals surface area (Å²) in [5.41, 5.74) is 2.32. The van der Waals surface area contributed by atoms with Gasteiger partial charge in [-0.15, -0.1) is 0 Å². The van der Waals surface area contributed by atoms with Gasteiger partial charge in [0.2, 0.25) is 0 Å². The predicted octanol–water partition coefficient (Wildman–Crippen LogP) is 11.7. The lowest BCUT2D eigenvalue weighted by Crippen LogP contribution is -2.26. The lowest BCUT2D eigenvalue weighted by Gasteiger charge is -2.31. The third-order valence-electron chi connectivity index (χ3n) is 11.0. The van der Waals surface area contributed by atoms with Crippen LogP contribution in [0.1, 0.15) is 142 Å². The second-order valence-electron chi connectivity index (χ2n) is 14.5. The lowest BCUT2D eigenvalue weighted by atomic mass is 9.75. The second kappa shape index (κ2) is 21.0. The van der Waals surface area contributed by atoms with Crippen molar-refractivity contribution in [2.45, 2.75) is 156 Å². The number of hydrogen-bond donors (Lipinski definition) is 0. The van der Waals surface area contributed by atoms with Crippen molar-refractivity contribution in [1.82, 2.24) is 0 Å². The smallest absolute Gasteiger partial charge is 0.119 e. The average molecular weight is 635 g/mol. The molecule has 2 aliphatic carbocycles. The van der Waals surface area contributed by atoms with Crippen LogP contribution >= 0.6 is 0 Å². The van der Waals surface area contributed by atoms with Crippen LogP contribution in [0, 0.1) is 23.7 Å². The molecule has 0 bridgehead atoms. The van der Waals surface area contributed by atoms with Crippen molar-refractivity contribution in [3.63, 3.8) is 0 Å². The molecule has 6 atom stereocenters. The van der Waals surface area contributed by atoms with Crippen molar-refractivity contribution in [3.8, 4) is 11.5 Å². The molecule has 46 heavy (non-hydrogen) atoms. The molecular formula is C42H66O4. The first-order chi connectivity index (χ1) is 22.6. The van der Waals surface area contributed by atoms with Crippen molar-refractivity contribution < 1.29 is 18.9 Å². The van der Waals surface area contributed by atoms with Crippen molar-refractivity contribution in [2.24, 2.45) is 23.7 Å². The molecular weight excluding hydrogens is 568 g/mol. The summed E-state index contributed by atoms with van der Waals surface area (Å²) in [6, 6.07) is 16.8. The van der Waals surface area contributed by atoms with Gasteiger partial charge in [0.15, 0.2) is 0 Å². The zero-order chi connectivity index (χ0) is 32.4. The Kier molecular flexibility index (Phi) is 16.8. The normalized spacial score (nSPS) is 23.1. The third-order valence-corrected chi connectivity index (χ3v) is 11.0. The van der Waals surface area contributed by atoms with E-state index in [1.807, 2.05) is 0 Å². The lowest BCUT2D eigenvalue weighted by molar-refractivity contribution is -0.0687. The molecule has 2 aliphatic rings. The molecule has 4 heteroatoms. The first kappa shape index (κ1) is 36.8. The fourth-order valence-electron chi connectivity index (χ4n) is 7.99. The summed E-state index contributed by atoms with van der Waals surface area (Å²) in [5, 5.41) is 0. The Hall–Kier alpha value is -2.04. The second-order valence-corrected chi connectivity index (χ2v) is 14.5. The van der Waals surface area contributed by atoms with E-state index in [1.165, 1.54) is 89.9 Å². The predicted molar refractivity (Wildman–Crippen MR) is 192 cm³/mol. The molecule has 0 radical (unpaired) electrons. The summed E-state index contributed by atoms with van der Waals surface area (Å²) >= 11 is 0. The maximum absolute atomic E-state index is 6.17. The molecule has 0 aromatic heterocycles. The fraction of sp³-hybridized carbons (Fsp3) is 0.714. The van der Waals surface area contributed by atoms with Crippen LogP contribution in [-0.2, 0) is 22.7 Å². The van der Waals surface area contributed by atoms with Gasteiger partial charge in [-0.1, -0.05) is 115 Å². The Labute approximate surface area is 282 Å². The van der Waals surface area contributed by atoms with E-state index in [0.717, 1.165) is 72.4 Å². The Morgan fingerprint density at radius 3 is 1.22 bits per heavy atom. The number of hydrogen-bond acceptors (Lipinski definition) is 4. The van der Waals surface area contributed by atoms with E-state index >= 15 is 0 Å². The van der Waals surface area contributed by atoms with Gasteiger partial charge in [-0.3, -0.25) is 0 Å². The van der Waals surface area contributed by atoms with Crippen LogP contribution in [-0.4, -0.2) is 25.4 Å². The topological polar surface area (TPSA) is 36.9 Å². The molecule has 0 amide bonds. The molecule has 0 aliphatic heterocycles. The summed E-state index contributed by atoms with van der Waals surface area (Å²) in [6.07, 6.45) is 21.8. The molecule has 4 nitrogen and oxygen atoms in total. The zero-order valence-electron chi connectivity index (χ0n) is 29.9. The average Bonchev–Trinajstić information content (AvgIpc) is 3.09. The summed E-state index contributed by atoms with van der Waals surface area (Å²) < 4.78 is 24.5. The number of ether oxygens (including phenoxy) is 4. The van der Waals surface area contributed by atoms with Gasteiger partial charge in [-0.2, -0.15) is 0 Å². The standard InChI is InChI=1S/C42H66O4/c1-5-13-37-15-7-9-17-39(37)19-11-29-43-41-25-21-35(22-26-41)31-45-33(3)34(4)46-32-36-23-27-42(28-24-36)44-30-12-20-40-18-10-8-16-38(40)14-6-2/h21-28,33-34,37-40H,5-20,29-32H2,1-4H3/t33-,34-,37?,38?,39?,40?/m1/s1. The van der Waals surface area contributed by atoms with Crippen molar-refractivity contribution >= 4 is 0 Å². The van der Waals surface area contributed by atoms with E-state index in [1.54, 1.807) is 0 Å². The molecule has 2 fully saturated rings. The minimum absolute atomic E-state index is 0.00376. The quantitative estimate of drug-likeness (QED) is 0.128. The monoisotopic (exact) mass is 634 g/mol. The zero-order valence-corrected chi connectivity index (χ0v) is 29.9. The Morgan fingerprint density at radius 1 is 0.522 bits per heavy atom. The molecule has 0 heterocycles. The van der Waals surface area contributed by atoms with Gasteiger partial charge in [-0.05, 0) is 98.6 Å². The number of benzene rings is 2. The number of rotatable bonds is 21. The van der Waals surface area contributed by atoms with E-state index < -0.39 is 0 Å². The highest BCUT2D eigenvalue weighted by atomic mass is 16.5. The molecule has 4 rings (SSSR count). The molecule has 4 unspecified atom stereocenters. The molecule has 2 aromatic carbocycles.